The second-order valence-corrected chi connectivity index (χ2v) is 9.22. The Labute approximate surface area is 211 Å². The molecule has 0 aliphatic carbocycles. The van der Waals surface area contributed by atoms with E-state index in [-0.39, 0.29) is 23.1 Å². The maximum Gasteiger partial charge on any atom is 0.433 e. The average Bonchev–Trinajstić information content (AvgIpc) is 3.38. The highest BCUT2D eigenvalue weighted by Crippen LogP contribution is 2.36. The SMILES string of the molecule is CNC(=O)c1cccc(C(C)n2cc(CCN(C)C)c3cc(-c4cn[nH]c4C(F)(F)F)ccc3c2=O)c1. The van der Waals surface area contributed by atoms with Crippen molar-refractivity contribution in [3.8, 4) is 11.1 Å². The van der Waals surface area contributed by atoms with Crippen LogP contribution in [0.1, 0.15) is 40.1 Å². The zero-order valence-corrected chi connectivity index (χ0v) is 21.0. The van der Waals surface area contributed by atoms with Gasteiger partial charge in [0.2, 0.25) is 0 Å². The molecule has 2 aromatic carbocycles. The van der Waals surface area contributed by atoms with Gasteiger partial charge in [0.25, 0.3) is 11.5 Å². The van der Waals surface area contributed by atoms with Crippen molar-refractivity contribution in [1.29, 1.82) is 0 Å². The number of fused-ring (bicyclic) bond motifs is 1. The Morgan fingerprint density at radius 2 is 1.92 bits per heavy atom. The lowest BCUT2D eigenvalue weighted by molar-refractivity contribution is -0.140. The molecule has 0 fully saturated rings. The fourth-order valence-corrected chi connectivity index (χ4v) is 4.40. The second-order valence-electron chi connectivity index (χ2n) is 9.22. The van der Waals surface area contributed by atoms with Crippen LogP contribution in [-0.2, 0) is 12.6 Å². The first-order valence-corrected chi connectivity index (χ1v) is 11.8. The van der Waals surface area contributed by atoms with Crippen LogP contribution in [0.4, 0.5) is 13.2 Å². The summed E-state index contributed by atoms with van der Waals surface area (Å²) in [7, 11) is 5.41. The lowest BCUT2D eigenvalue weighted by Crippen LogP contribution is -2.26. The van der Waals surface area contributed by atoms with Crippen molar-refractivity contribution >= 4 is 16.7 Å². The molecule has 1 unspecified atom stereocenters. The number of alkyl halides is 3. The van der Waals surface area contributed by atoms with E-state index in [1.807, 2.05) is 37.1 Å². The third kappa shape index (κ3) is 5.29. The number of halogens is 3. The van der Waals surface area contributed by atoms with Crippen molar-refractivity contribution in [2.75, 3.05) is 27.7 Å². The molecule has 37 heavy (non-hydrogen) atoms. The predicted octanol–water partition coefficient (Wildman–Crippen LogP) is 4.48. The smallest absolute Gasteiger partial charge is 0.355 e. The Hall–Kier alpha value is -3.92. The number of hydrogen-bond donors (Lipinski definition) is 2. The fourth-order valence-electron chi connectivity index (χ4n) is 4.40. The third-order valence-corrected chi connectivity index (χ3v) is 6.46. The van der Waals surface area contributed by atoms with Gasteiger partial charge in [-0.3, -0.25) is 14.7 Å². The number of pyridine rings is 1. The van der Waals surface area contributed by atoms with Crippen molar-refractivity contribution in [2.24, 2.45) is 0 Å². The monoisotopic (exact) mass is 511 g/mol. The molecule has 7 nitrogen and oxygen atoms in total. The summed E-state index contributed by atoms with van der Waals surface area (Å²) in [6, 6.07) is 11.4. The molecule has 0 saturated carbocycles. The molecule has 0 aliphatic heterocycles. The standard InChI is InChI=1S/C27H28F3N5O2/c1-16(17-6-5-7-19(12-17)25(36)31-2)35-15-20(10-11-34(3)4)22-13-18(8-9-21(22)26(35)37)23-14-32-33-24(23)27(28,29)30/h5-9,12-16H,10-11H2,1-4H3,(H,31,36)(H,32,33). The number of nitrogens with zero attached hydrogens (tertiary/aromatic N) is 3. The molecule has 4 rings (SSSR count). The molecular weight excluding hydrogens is 483 g/mol. The van der Waals surface area contributed by atoms with Gasteiger partial charge in [0.1, 0.15) is 5.69 Å². The van der Waals surface area contributed by atoms with E-state index in [9.17, 15) is 22.8 Å². The van der Waals surface area contributed by atoms with Crippen molar-refractivity contribution < 1.29 is 18.0 Å². The fraction of sp³-hybridized carbons (Fsp3) is 0.296. The molecule has 2 N–H and O–H groups in total. The van der Waals surface area contributed by atoms with Crippen molar-refractivity contribution in [1.82, 2.24) is 25.0 Å². The lowest BCUT2D eigenvalue weighted by Gasteiger charge is -2.20. The summed E-state index contributed by atoms with van der Waals surface area (Å²) in [5, 5.41) is 9.24. The van der Waals surface area contributed by atoms with E-state index in [0.717, 1.165) is 17.3 Å². The summed E-state index contributed by atoms with van der Waals surface area (Å²) in [6.07, 6.45) is -1.09. The van der Waals surface area contributed by atoms with Crippen LogP contribution in [0.25, 0.3) is 21.9 Å². The van der Waals surface area contributed by atoms with E-state index in [1.165, 1.54) is 6.07 Å². The molecule has 4 aromatic rings. The average molecular weight is 512 g/mol. The molecule has 0 spiro atoms. The van der Waals surface area contributed by atoms with E-state index in [2.05, 4.69) is 10.4 Å². The highest BCUT2D eigenvalue weighted by molar-refractivity contribution is 5.94. The van der Waals surface area contributed by atoms with E-state index < -0.39 is 11.9 Å². The summed E-state index contributed by atoms with van der Waals surface area (Å²) in [5.74, 6) is -0.225. The highest BCUT2D eigenvalue weighted by Gasteiger charge is 2.36. The molecule has 2 heterocycles. The molecule has 2 aromatic heterocycles. The van der Waals surface area contributed by atoms with Gasteiger partial charge in [0, 0.05) is 36.3 Å². The first-order chi connectivity index (χ1) is 17.5. The maximum atomic E-state index is 13.6. The number of benzene rings is 2. The minimum Gasteiger partial charge on any atom is -0.355 e. The Bertz CT molecular complexity index is 1500. The number of amides is 1. The minimum atomic E-state index is -4.59. The number of nitrogens with one attached hydrogen (secondary N) is 2. The maximum absolute atomic E-state index is 13.6. The lowest BCUT2D eigenvalue weighted by atomic mass is 9.97. The molecule has 0 saturated heterocycles. The van der Waals surface area contributed by atoms with Gasteiger partial charge in [-0.2, -0.15) is 18.3 Å². The first-order valence-electron chi connectivity index (χ1n) is 11.8. The van der Waals surface area contributed by atoms with Crippen LogP contribution in [-0.4, -0.2) is 53.3 Å². The number of likely N-dealkylation sites (N-methyl/N-ethyl adjacent to an activating group) is 1. The Balaban J connectivity index is 1.87. The molecule has 1 atom stereocenters. The molecule has 1 amide bonds. The van der Waals surface area contributed by atoms with E-state index >= 15 is 0 Å². The highest BCUT2D eigenvalue weighted by atomic mass is 19.4. The largest absolute Gasteiger partial charge is 0.433 e. The van der Waals surface area contributed by atoms with Crippen LogP contribution in [0.3, 0.4) is 0 Å². The van der Waals surface area contributed by atoms with E-state index in [0.29, 0.717) is 34.9 Å². The summed E-state index contributed by atoms with van der Waals surface area (Å²) in [4.78, 5) is 27.7. The van der Waals surface area contributed by atoms with Crippen LogP contribution >= 0.6 is 0 Å². The van der Waals surface area contributed by atoms with Gasteiger partial charge in [-0.1, -0.05) is 18.2 Å². The molecule has 10 heteroatoms. The Kier molecular flexibility index (Phi) is 7.22. The van der Waals surface area contributed by atoms with E-state index in [1.54, 1.807) is 48.1 Å². The Morgan fingerprint density at radius 3 is 2.59 bits per heavy atom. The van der Waals surface area contributed by atoms with E-state index in [4.69, 9.17) is 0 Å². The van der Waals surface area contributed by atoms with Crippen LogP contribution in [0, 0.1) is 0 Å². The number of rotatable bonds is 7. The third-order valence-electron chi connectivity index (χ3n) is 6.46. The quantitative estimate of drug-likeness (QED) is 0.383. The number of hydrogen-bond acceptors (Lipinski definition) is 4. The molecular formula is C27H28F3N5O2. The minimum absolute atomic E-state index is 0.0727. The van der Waals surface area contributed by atoms with Gasteiger partial charge in [0.15, 0.2) is 0 Å². The number of carbonyl (C=O) groups excluding carboxylic acids is 1. The van der Waals surface area contributed by atoms with Crippen molar-refractivity contribution in [2.45, 2.75) is 25.6 Å². The molecule has 0 radical (unpaired) electrons. The normalized spacial score (nSPS) is 12.8. The number of aromatic nitrogens is 3. The van der Waals surface area contributed by atoms with Gasteiger partial charge in [-0.05, 0) is 73.8 Å². The summed E-state index contributed by atoms with van der Waals surface area (Å²) < 4.78 is 42.1. The zero-order valence-electron chi connectivity index (χ0n) is 21.0. The topological polar surface area (TPSA) is 83.0 Å². The van der Waals surface area contributed by atoms with Crippen LogP contribution in [0.15, 0.2) is 59.7 Å². The van der Waals surface area contributed by atoms with Crippen LogP contribution < -0.4 is 10.9 Å². The number of carbonyl (C=O) groups is 1. The molecule has 0 aliphatic rings. The summed E-state index contributed by atoms with van der Waals surface area (Å²) in [5.41, 5.74) is 1.15. The van der Waals surface area contributed by atoms with Gasteiger partial charge in [-0.25, -0.2) is 0 Å². The van der Waals surface area contributed by atoms with Crippen LogP contribution in [0.5, 0.6) is 0 Å². The predicted molar refractivity (Wildman–Crippen MR) is 137 cm³/mol. The summed E-state index contributed by atoms with van der Waals surface area (Å²) in [6.45, 7) is 2.55. The number of H-pyrrole nitrogens is 1. The van der Waals surface area contributed by atoms with Crippen molar-refractivity contribution in [3.63, 3.8) is 0 Å². The number of aromatic amines is 1. The van der Waals surface area contributed by atoms with Crippen LogP contribution in [0.2, 0.25) is 0 Å². The first kappa shape index (κ1) is 26.2. The molecule has 194 valence electrons. The summed E-state index contributed by atoms with van der Waals surface area (Å²) >= 11 is 0. The van der Waals surface area contributed by atoms with Gasteiger partial charge in [-0.15, -0.1) is 0 Å². The van der Waals surface area contributed by atoms with Crippen molar-refractivity contribution in [3.05, 3.63) is 87.6 Å². The Morgan fingerprint density at radius 1 is 1.16 bits per heavy atom. The zero-order chi connectivity index (χ0) is 26.9. The van der Waals surface area contributed by atoms with Gasteiger partial charge in [0.05, 0.1) is 12.2 Å². The van der Waals surface area contributed by atoms with Gasteiger partial charge >= 0.3 is 6.18 Å². The van der Waals surface area contributed by atoms with Gasteiger partial charge < -0.3 is 14.8 Å². The molecule has 0 bridgehead atoms. The second kappa shape index (κ2) is 10.2.